The van der Waals surface area contributed by atoms with Crippen LogP contribution in [0.5, 0.6) is 0 Å². The highest BCUT2D eigenvalue weighted by atomic mass is 16.5. The van der Waals surface area contributed by atoms with Gasteiger partial charge in [0.2, 0.25) is 0 Å². The van der Waals surface area contributed by atoms with E-state index in [0.717, 1.165) is 25.9 Å². The maximum absolute atomic E-state index is 12.0. The highest BCUT2D eigenvalue weighted by Crippen LogP contribution is 2.21. The summed E-state index contributed by atoms with van der Waals surface area (Å²) < 4.78 is 5.08. The number of methoxy groups -OCH3 is 1. The van der Waals surface area contributed by atoms with Gasteiger partial charge in [0.25, 0.3) is 0 Å². The predicted molar refractivity (Wildman–Crippen MR) is 68.5 cm³/mol. The average Bonchev–Trinajstić information content (AvgIpc) is 2.22. The predicted octanol–water partition coefficient (Wildman–Crippen LogP) is 3.69. The Hall–Kier alpha value is -0.370. The molecule has 0 fully saturated rings. The van der Waals surface area contributed by atoms with Crippen molar-refractivity contribution in [2.45, 2.75) is 53.4 Å². The largest absolute Gasteiger partial charge is 0.384 e. The molecular weight excluding hydrogens is 200 g/mol. The van der Waals surface area contributed by atoms with Crippen LogP contribution in [0.25, 0.3) is 0 Å². The number of hydrogen-bond donors (Lipinski definition) is 0. The summed E-state index contributed by atoms with van der Waals surface area (Å²) in [5, 5.41) is 0. The second-order valence-electron chi connectivity index (χ2n) is 5.20. The molecule has 2 unspecified atom stereocenters. The van der Waals surface area contributed by atoms with E-state index in [0.29, 0.717) is 24.0 Å². The van der Waals surface area contributed by atoms with E-state index in [-0.39, 0.29) is 5.92 Å². The van der Waals surface area contributed by atoms with Crippen molar-refractivity contribution in [1.82, 2.24) is 0 Å². The average molecular weight is 228 g/mol. The molecule has 2 nitrogen and oxygen atoms in total. The van der Waals surface area contributed by atoms with Crippen LogP contribution in [0, 0.1) is 17.8 Å². The molecule has 0 radical (unpaired) electrons. The third kappa shape index (κ3) is 6.26. The molecule has 0 aromatic rings. The summed E-state index contributed by atoms with van der Waals surface area (Å²) in [6, 6.07) is 0. The molecule has 0 aliphatic carbocycles. The van der Waals surface area contributed by atoms with Gasteiger partial charge in [-0.25, -0.2) is 0 Å². The molecule has 0 aliphatic rings. The van der Waals surface area contributed by atoms with Gasteiger partial charge in [-0.2, -0.15) is 0 Å². The number of hydrogen-bond acceptors (Lipinski definition) is 2. The fourth-order valence-electron chi connectivity index (χ4n) is 2.12. The fourth-order valence-corrected chi connectivity index (χ4v) is 2.12. The van der Waals surface area contributed by atoms with E-state index in [1.807, 2.05) is 0 Å². The summed E-state index contributed by atoms with van der Waals surface area (Å²) in [7, 11) is 1.71. The molecule has 0 amide bonds. The SMILES string of the molecule is CCCC(C(=O)CCC(C)COC)C(C)C. The molecule has 16 heavy (non-hydrogen) atoms. The standard InChI is InChI=1S/C14H28O2/c1-6-7-13(11(2)3)14(15)9-8-12(4)10-16-5/h11-13H,6-10H2,1-5H3. The number of rotatable bonds is 9. The van der Waals surface area contributed by atoms with E-state index in [1.165, 1.54) is 0 Å². The Morgan fingerprint density at radius 1 is 1.19 bits per heavy atom. The lowest BCUT2D eigenvalue weighted by molar-refractivity contribution is -0.124. The summed E-state index contributed by atoms with van der Waals surface area (Å²) in [4.78, 5) is 12.0. The minimum absolute atomic E-state index is 0.264. The van der Waals surface area contributed by atoms with Crippen molar-refractivity contribution in [3.8, 4) is 0 Å². The van der Waals surface area contributed by atoms with Gasteiger partial charge in [0.1, 0.15) is 5.78 Å². The monoisotopic (exact) mass is 228 g/mol. The van der Waals surface area contributed by atoms with Crippen LogP contribution >= 0.6 is 0 Å². The lowest BCUT2D eigenvalue weighted by atomic mass is 9.85. The van der Waals surface area contributed by atoms with Gasteiger partial charge in [-0.3, -0.25) is 4.79 Å². The van der Waals surface area contributed by atoms with Crippen LogP contribution in [-0.2, 0) is 9.53 Å². The topological polar surface area (TPSA) is 26.3 Å². The molecular formula is C14H28O2. The summed E-state index contributed by atoms with van der Waals surface area (Å²) in [6.45, 7) is 9.35. The van der Waals surface area contributed by atoms with E-state index >= 15 is 0 Å². The quantitative estimate of drug-likeness (QED) is 0.601. The molecule has 2 heteroatoms. The maximum atomic E-state index is 12.0. The zero-order valence-corrected chi connectivity index (χ0v) is 11.6. The van der Waals surface area contributed by atoms with Crippen molar-refractivity contribution in [3.05, 3.63) is 0 Å². The Morgan fingerprint density at radius 3 is 2.25 bits per heavy atom. The Morgan fingerprint density at radius 2 is 1.81 bits per heavy atom. The Kier molecular flexibility index (Phi) is 8.54. The normalized spacial score (nSPS) is 15.1. The number of ketones is 1. The van der Waals surface area contributed by atoms with Crippen LogP contribution in [0.2, 0.25) is 0 Å². The first-order valence-electron chi connectivity index (χ1n) is 6.54. The van der Waals surface area contributed by atoms with E-state index < -0.39 is 0 Å². The molecule has 2 atom stereocenters. The van der Waals surface area contributed by atoms with Crippen LogP contribution in [0.3, 0.4) is 0 Å². The van der Waals surface area contributed by atoms with E-state index in [1.54, 1.807) is 7.11 Å². The third-order valence-electron chi connectivity index (χ3n) is 3.15. The molecule has 0 rings (SSSR count). The van der Waals surface area contributed by atoms with Crippen molar-refractivity contribution in [1.29, 1.82) is 0 Å². The highest BCUT2D eigenvalue weighted by molar-refractivity contribution is 5.81. The maximum Gasteiger partial charge on any atom is 0.136 e. The zero-order valence-electron chi connectivity index (χ0n) is 11.6. The first-order chi connectivity index (χ1) is 7.52. The summed E-state index contributed by atoms with van der Waals surface area (Å²) in [6.07, 6.45) is 3.81. The van der Waals surface area contributed by atoms with Gasteiger partial charge in [-0.05, 0) is 24.7 Å². The summed E-state index contributed by atoms with van der Waals surface area (Å²) in [5.74, 6) is 1.67. The first-order valence-corrected chi connectivity index (χ1v) is 6.54. The highest BCUT2D eigenvalue weighted by Gasteiger charge is 2.21. The molecule has 0 aromatic carbocycles. The van der Waals surface area contributed by atoms with Gasteiger partial charge in [0.05, 0.1) is 0 Å². The molecule has 0 bridgehead atoms. The van der Waals surface area contributed by atoms with Gasteiger partial charge in [0.15, 0.2) is 0 Å². The first kappa shape index (κ1) is 15.6. The number of Topliss-reactive ketones (excluding diaryl/α,β-unsaturated/α-hetero) is 1. The lowest BCUT2D eigenvalue weighted by Crippen LogP contribution is -2.21. The molecule has 0 saturated carbocycles. The van der Waals surface area contributed by atoms with Crippen LogP contribution in [0.4, 0.5) is 0 Å². The third-order valence-corrected chi connectivity index (χ3v) is 3.15. The molecule has 0 aliphatic heterocycles. The Labute approximate surface area is 101 Å². The van der Waals surface area contributed by atoms with Crippen molar-refractivity contribution >= 4 is 5.78 Å². The summed E-state index contributed by atoms with van der Waals surface area (Å²) in [5.41, 5.74) is 0. The van der Waals surface area contributed by atoms with Crippen LogP contribution in [0.1, 0.15) is 53.4 Å². The van der Waals surface area contributed by atoms with Gasteiger partial charge >= 0.3 is 0 Å². The molecule has 0 N–H and O–H groups in total. The molecule has 96 valence electrons. The summed E-state index contributed by atoms with van der Waals surface area (Å²) >= 11 is 0. The molecule has 0 heterocycles. The van der Waals surface area contributed by atoms with E-state index in [9.17, 15) is 4.79 Å². The lowest BCUT2D eigenvalue weighted by Gasteiger charge is -2.19. The molecule has 0 aromatic heterocycles. The van der Waals surface area contributed by atoms with E-state index in [4.69, 9.17) is 4.74 Å². The minimum Gasteiger partial charge on any atom is -0.384 e. The fraction of sp³-hybridized carbons (Fsp3) is 0.929. The van der Waals surface area contributed by atoms with Crippen LogP contribution in [-0.4, -0.2) is 19.5 Å². The smallest absolute Gasteiger partial charge is 0.136 e. The second kappa shape index (κ2) is 8.74. The number of carbonyl (C=O) groups is 1. The van der Waals surface area contributed by atoms with Gasteiger partial charge in [-0.15, -0.1) is 0 Å². The van der Waals surface area contributed by atoms with Gasteiger partial charge in [-0.1, -0.05) is 34.1 Å². The van der Waals surface area contributed by atoms with E-state index in [2.05, 4.69) is 27.7 Å². The minimum atomic E-state index is 0.264. The van der Waals surface area contributed by atoms with Crippen molar-refractivity contribution < 1.29 is 9.53 Å². The van der Waals surface area contributed by atoms with Crippen LogP contribution in [0.15, 0.2) is 0 Å². The molecule has 0 saturated heterocycles. The molecule has 0 spiro atoms. The van der Waals surface area contributed by atoms with Crippen molar-refractivity contribution in [3.63, 3.8) is 0 Å². The second-order valence-corrected chi connectivity index (χ2v) is 5.20. The Balaban J connectivity index is 4.00. The number of ether oxygens (including phenoxy) is 1. The Bertz CT molecular complexity index is 187. The van der Waals surface area contributed by atoms with Crippen LogP contribution < -0.4 is 0 Å². The zero-order chi connectivity index (χ0) is 12.6. The van der Waals surface area contributed by atoms with Gasteiger partial charge < -0.3 is 4.74 Å². The van der Waals surface area contributed by atoms with Crippen molar-refractivity contribution in [2.75, 3.05) is 13.7 Å². The van der Waals surface area contributed by atoms with Crippen molar-refractivity contribution in [2.24, 2.45) is 17.8 Å². The van der Waals surface area contributed by atoms with Gasteiger partial charge in [0, 0.05) is 26.1 Å². The number of carbonyl (C=O) groups excluding carboxylic acids is 1.